The second-order valence-corrected chi connectivity index (χ2v) is 4.08. The maximum Gasteiger partial charge on any atom is 0.0926 e. The molecule has 2 aliphatic carbocycles. The van der Waals surface area contributed by atoms with Crippen molar-refractivity contribution < 1.29 is 0 Å². The van der Waals surface area contributed by atoms with E-state index in [1.807, 2.05) is 0 Å². The van der Waals surface area contributed by atoms with Gasteiger partial charge in [-0.05, 0) is 5.57 Å². The van der Waals surface area contributed by atoms with Crippen LogP contribution in [0.4, 0.5) is 0 Å². The first kappa shape index (κ1) is 8.66. The first-order chi connectivity index (χ1) is 7.43. The molecule has 3 rings (SSSR count). The molecule has 0 fully saturated rings. The Morgan fingerprint density at radius 3 is 2.60 bits per heavy atom. The fraction of sp³-hybridized carbons (Fsp3) is 0.214. The lowest BCUT2D eigenvalue weighted by molar-refractivity contribution is 0.716. The number of hydrogen-bond donors (Lipinski definition) is 0. The predicted octanol–water partition coefficient (Wildman–Crippen LogP) is 2.85. The summed E-state index contributed by atoms with van der Waals surface area (Å²) in [7, 11) is 0. The summed E-state index contributed by atoms with van der Waals surface area (Å²) in [4.78, 5) is 4.61. The Bertz CT molecular complexity index is 432. The van der Waals surface area contributed by atoms with Gasteiger partial charge < -0.3 is 0 Å². The summed E-state index contributed by atoms with van der Waals surface area (Å²) in [6, 6.07) is 0.238. The minimum Gasteiger partial charge on any atom is -0.285 e. The number of fused-ring (bicyclic) bond motifs is 2. The van der Waals surface area contributed by atoms with Gasteiger partial charge in [-0.15, -0.1) is 0 Å². The normalized spacial score (nSPS) is 35.7. The van der Waals surface area contributed by atoms with Crippen molar-refractivity contribution in [3.05, 3.63) is 60.3 Å². The fourth-order valence-electron chi connectivity index (χ4n) is 2.21. The molecule has 0 saturated carbocycles. The zero-order valence-corrected chi connectivity index (χ0v) is 8.45. The Morgan fingerprint density at radius 1 is 0.867 bits per heavy atom. The molecule has 0 aromatic rings. The van der Waals surface area contributed by atoms with Crippen molar-refractivity contribution in [1.29, 1.82) is 0 Å². The van der Waals surface area contributed by atoms with E-state index in [4.69, 9.17) is 0 Å². The van der Waals surface area contributed by atoms with Crippen LogP contribution in [-0.2, 0) is 0 Å². The van der Waals surface area contributed by atoms with E-state index in [1.54, 1.807) is 0 Å². The predicted molar refractivity (Wildman–Crippen MR) is 63.9 cm³/mol. The van der Waals surface area contributed by atoms with Gasteiger partial charge in [0.2, 0.25) is 0 Å². The molecule has 3 atom stereocenters. The van der Waals surface area contributed by atoms with Crippen LogP contribution in [0, 0.1) is 11.8 Å². The third-order valence-corrected chi connectivity index (χ3v) is 3.06. The molecule has 1 heteroatoms. The van der Waals surface area contributed by atoms with Gasteiger partial charge in [0.25, 0.3) is 0 Å². The van der Waals surface area contributed by atoms with Crippen LogP contribution >= 0.6 is 0 Å². The van der Waals surface area contributed by atoms with E-state index in [2.05, 4.69) is 65.9 Å². The quantitative estimate of drug-likeness (QED) is 0.563. The summed E-state index contributed by atoms with van der Waals surface area (Å²) < 4.78 is 0. The minimum atomic E-state index is 0.238. The summed E-state index contributed by atoms with van der Waals surface area (Å²) in [5.41, 5.74) is 1.32. The minimum absolute atomic E-state index is 0.238. The smallest absolute Gasteiger partial charge is 0.0926 e. The summed E-state index contributed by atoms with van der Waals surface area (Å²) in [6.45, 7) is 0. The zero-order chi connectivity index (χ0) is 10.1. The van der Waals surface area contributed by atoms with E-state index in [-0.39, 0.29) is 6.04 Å². The molecule has 0 aromatic carbocycles. The van der Waals surface area contributed by atoms with E-state index in [9.17, 15) is 0 Å². The van der Waals surface area contributed by atoms with E-state index in [1.165, 1.54) is 5.57 Å². The molecular weight excluding hydrogens is 182 g/mol. The van der Waals surface area contributed by atoms with Gasteiger partial charge in [0.05, 0.1) is 6.04 Å². The zero-order valence-electron chi connectivity index (χ0n) is 8.45. The van der Waals surface area contributed by atoms with Crippen LogP contribution in [0.2, 0.25) is 0 Å². The van der Waals surface area contributed by atoms with Crippen LogP contribution < -0.4 is 0 Å². The molecule has 0 N–H and O–H groups in total. The van der Waals surface area contributed by atoms with Crippen molar-refractivity contribution >= 4 is 6.21 Å². The molecule has 1 heterocycles. The first-order valence-electron chi connectivity index (χ1n) is 5.38. The summed E-state index contributed by atoms with van der Waals surface area (Å²) in [5, 5.41) is 0. The third-order valence-electron chi connectivity index (χ3n) is 3.06. The Hall–Kier alpha value is -1.63. The highest BCUT2D eigenvalue weighted by atomic mass is 14.8. The SMILES string of the molecule is C1=CC2=CC3C=CC=CC3C=NC2C=C1. The molecule has 0 bridgehead atoms. The molecule has 3 unspecified atom stereocenters. The molecule has 0 spiro atoms. The van der Waals surface area contributed by atoms with Gasteiger partial charge in [0, 0.05) is 18.1 Å². The lowest BCUT2D eigenvalue weighted by Gasteiger charge is -2.16. The van der Waals surface area contributed by atoms with E-state index in [0.29, 0.717) is 11.8 Å². The monoisotopic (exact) mass is 195 g/mol. The van der Waals surface area contributed by atoms with Gasteiger partial charge in [-0.2, -0.15) is 0 Å². The molecule has 0 radical (unpaired) electrons. The Morgan fingerprint density at radius 2 is 1.67 bits per heavy atom. The van der Waals surface area contributed by atoms with E-state index < -0.39 is 0 Å². The maximum atomic E-state index is 4.61. The summed E-state index contributed by atoms with van der Waals surface area (Å²) >= 11 is 0. The largest absolute Gasteiger partial charge is 0.285 e. The van der Waals surface area contributed by atoms with Crippen LogP contribution in [0.15, 0.2) is 65.2 Å². The van der Waals surface area contributed by atoms with E-state index in [0.717, 1.165) is 0 Å². The van der Waals surface area contributed by atoms with Crippen LogP contribution in [0.1, 0.15) is 0 Å². The molecule has 1 aliphatic heterocycles. The Labute approximate surface area is 89.9 Å². The van der Waals surface area contributed by atoms with Crippen molar-refractivity contribution in [3.8, 4) is 0 Å². The number of allylic oxidation sites excluding steroid dienone is 7. The summed E-state index contributed by atoms with van der Waals surface area (Å²) in [5.74, 6) is 0.921. The highest BCUT2D eigenvalue weighted by Crippen LogP contribution is 2.27. The Balaban J connectivity index is 2.02. The van der Waals surface area contributed by atoms with Crippen LogP contribution in [0.3, 0.4) is 0 Å². The average Bonchev–Trinajstić information content (AvgIpc) is 2.48. The Kier molecular flexibility index (Phi) is 2.02. The number of hydrogen-bond acceptors (Lipinski definition) is 1. The van der Waals surface area contributed by atoms with Gasteiger partial charge in [-0.3, -0.25) is 4.99 Å². The van der Waals surface area contributed by atoms with Gasteiger partial charge >= 0.3 is 0 Å². The molecule has 0 amide bonds. The molecule has 15 heavy (non-hydrogen) atoms. The van der Waals surface area contributed by atoms with Gasteiger partial charge in [-0.1, -0.05) is 54.7 Å². The standard InChI is InChI=1S/C14H13N/c1-2-7-13-10-15-14-8-4-3-6-12(14)9-11(13)5-1/h1-11,13-14H. The van der Waals surface area contributed by atoms with Crippen molar-refractivity contribution in [3.63, 3.8) is 0 Å². The highest BCUT2D eigenvalue weighted by molar-refractivity contribution is 5.68. The molecule has 3 aliphatic rings. The van der Waals surface area contributed by atoms with Crippen LogP contribution in [0.5, 0.6) is 0 Å². The topological polar surface area (TPSA) is 12.4 Å². The van der Waals surface area contributed by atoms with Crippen molar-refractivity contribution in [2.75, 3.05) is 0 Å². The number of nitrogens with zero attached hydrogens (tertiary/aromatic N) is 1. The molecule has 1 nitrogen and oxygen atoms in total. The molecule has 0 aromatic heterocycles. The van der Waals surface area contributed by atoms with Gasteiger partial charge in [0.1, 0.15) is 0 Å². The maximum absolute atomic E-state index is 4.61. The highest BCUT2D eigenvalue weighted by Gasteiger charge is 2.21. The fourth-order valence-corrected chi connectivity index (χ4v) is 2.21. The second kappa shape index (κ2) is 3.50. The lowest BCUT2D eigenvalue weighted by Crippen LogP contribution is -2.10. The number of aliphatic imine (C=N–C) groups is 1. The third kappa shape index (κ3) is 1.54. The first-order valence-corrected chi connectivity index (χ1v) is 5.38. The summed E-state index contributed by atoms with van der Waals surface area (Å²) in [6.07, 6.45) is 21.6. The molecule has 0 saturated heterocycles. The second-order valence-electron chi connectivity index (χ2n) is 4.08. The number of rotatable bonds is 0. The average molecular weight is 195 g/mol. The van der Waals surface area contributed by atoms with Crippen LogP contribution in [-0.4, -0.2) is 12.3 Å². The van der Waals surface area contributed by atoms with Crippen molar-refractivity contribution in [2.45, 2.75) is 6.04 Å². The molecular formula is C14H13N. The van der Waals surface area contributed by atoms with E-state index >= 15 is 0 Å². The molecule has 74 valence electrons. The van der Waals surface area contributed by atoms with Crippen LogP contribution in [0.25, 0.3) is 0 Å². The van der Waals surface area contributed by atoms with Crippen molar-refractivity contribution in [1.82, 2.24) is 0 Å². The lowest BCUT2D eigenvalue weighted by atomic mass is 9.87. The van der Waals surface area contributed by atoms with Gasteiger partial charge in [-0.25, -0.2) is 0 Å². The van der Waals surface area contributed by atoms with Crippen molar-refractivity contribution in [2.24, 2.45) is 16.8 Å². The van der Waals surface area contributed by atoms with Gasteiger partial charge in [0.15, 0.2) is 0 Å².